The van der Waals surface area contributed by atoms with E-state index in [4.69, 9.17) is 4.98 Å². The van der Waals surface area contributed by atoms with Crippen molar-refractivity contribution in [3.05, 3.63) is 123 Å². The highest BCUT2D eigenvalue weighted by molar-refractivity contribution is 7.19. The zero-order valence-corrected chi connectivity index (χ0v) is 27.1. The summed E-state index contributed by atoms with van der Waals surface area (Å²) < 4.78 is 1.90. The number of fused-ring (bicyclic) bond motifs is 3. The molecule has 0 amide bonds. The van der Waals surface area contributed by atoms with Crippen molar-refractivity contribution in [3.63, 3.8) is 0 Å². The summed E-state index contributed by atoms with van der Waals surface area (Å²) >= 11 is 1.72. The van der Waals surface area contributed by atoms with Crippen LogP contribution in [0.15, 0.2) is 95.8 Å². The number of hydrogen-bond donors (Lipinski definition) is 0. The number of unbranched alkanes of at least 4 members (excludes halogenated alkanes) is 4. The number of benzene rings is 3. The van der Waals surface area contributed by atoms with E-state index in [0.717, 1.165) is 72.6 Å². The average Bonchev–Trinajstić information content (AvgIpc) is 3.43. The SMILES string of the molecule is CCCCCN(CCCCC)c1nc2sc3c(c2c(=O)n1-c1ccccc1)CC(c1ccccc1)N(C)C3c1ccccc1. The standard InChI is InChI=1S/C38H44N4OS/c1-4-6-17-25-41(26-18-7-5-2)38-39-36-33(37(43)42(38)30-23-15-10-16-24-30)31-27-32(28-19-11-8-12-20-28)40(3)34(35(31)44-36)29-21-13-9-14-22-29/h8-16,19-24,32,34H,4-7,17-18,25-27H2,1-3H3. The summed E-state index contributed by atoms with van der Waals surface area (Å²) in [4.78, 5) is 27.3. The maximum atomic E-state index is 14.9. The van der Waals surface area contributed by atoms with Crippen LogP contribution in [0.25, 0.3) is 15.9 Å². The van der Waals surface area contributed by atoms with Crippen LogP contribution in [0.1, 0.15) is 86.0 Å². The Kier molecular flexibility index (Phi) is 9.58. The Morgan fingerprint density at radius 1 is 0.795 bits per heavy atom. The number of para-hydroxylation sites is 1. The molecule has 0 bridgehead atoms. The number of nitrogens with zero attached hydrogens (tertiary/aromatic N) is 4. The lowest BCUT2D eigenvalue weighted by Gasteiger charge is -2.40. The van der Waals surface area contributed by atoms with E-state index >= 15 is 0 Å². The minimum Gasteiger partial charge on any atom is -0.342 e. The van der Waals surface area contributed by atoms with Gasteiger partial charge < -0.3 is 4.90 Å². The number of hydrogen-bond acceptors (Lipinski definition) is 5. The molecule has 44 heavy (non-hydrogen) atoms. The molecule has 5 aromatic rings. The second kappa shape index (κ2) is 13.9. The molecule has 0 saturated heterocycles. The van der Waals surface area contributed by atoms with Gasteiger partial charge in [-0.25, -0.2) is 9.55 Å². The van der Waals surface area contributed by atoms with Crippen molar-refractivity contribution in [2.75, 3.05) is 25.0 Å². The number of rotatable bonds is 12. The zero-order valence-electron chi connectivity index (χ0n) is 26.3. The Balaban J connectivity index is 1.58. The molecule has 1 aliphatic heterocycles. The fraction of sp³-hybridized carbons (Fsp3) is 0.368. The minimum atomic E-state index is 0.0441. The topological polar surface area (TPSA) is 41.4 Å². The highest BCUT2D eigenvalue weighted by atomic mass is 32.1. The van der Waals surface area contributed by atoms with Crippen molar-refractivity contribution >= 4 is 27.5 Å². The Hall–Kier alpha value is -3.74. The first kappa shape index (κ1) is 30.3. The normalized spacial score (nSPS) is 16.7. The molecule has 0 radical (unpaired) electrons. The first-order valence-electron chi connectivity index (χ1n) is 16.3. The van der Waals surface area contributed by atoms with Gasteiger partial charge in [-0.05, 0) is 55.1 Å². The zero-order chi connectivity index (χ0) is 30.5. The number of thiophene rings is 1. The molecule has 3 aromatic carbocycles. The minimum absolute atomic E-state index is 0.0441. The predicted octanol–water partition coefficient (Wildman–Crippen LogP) is 8.95. The maximum Gasteiger partial charge on any atom is 0.268 e. The monoisotopic (exact) mass is 604 g/mol. The maximum absolute atomic E-state index is 14.9. The van der Waals surface area contributed by atoms with Gasteiger partial charge in [-0.1, -0.05) is 118 Å². The summed E-state index contributed by atoms with van der Waals surface area (Å²) in [6.45, 7) is 6.28. The van der Waals surface area contributed by atoms with E-state index in [1.165, 1.54) is 28.8 Å². The molecule has 2 aromatic heterocycles. The molecule has 0 N–H and O–H groups in total. The summed E-state index contributed by atoms with van der Waals surface area (Å²) in [5.74, 6) is 0.781. The number of anilines is 1. The molecule has 0 aliphatic carbocycles. The van der Waals surface area contributed by atoms with Gasteiger partial charge in [0.25, 0.3) is 5.56 Å². The molecule has 3 heterocycles. The highest BCUT2D eigenvalue weighted by Gasteiger charge is 2.38. The van der Waals surface area contributed by atoms with Gasteiger partial charge in [-0.3, -0.25) is 9.69 Å². The van der Waals surface area contributed by atoms with Crippen molar-refractivity contribution in [1.82, 2.24) is 14.5 Å². The molecule has 0 fully saturated rings. The Morgan fingerprint density at radius 2 is 1.36 bits per heavy atom. The van der Waals surface area contributed by atoms with Crippen LogP contribution in [-0.4, -0.2) is 34.6 Å². The fourth-order valence-corrected chi connectivity index (χ4v) is 8.10. The van der Waals surface area contributed by atoms with Gasteiger partial charge in [0.1, 0.15) is 4.83 Å². The smallest absolute Gasteiger partial charge is 0.268 e. The second-order valence-corrected chi connectivity index (χ2v) is 13.1. The lowest BCUT2D eigenvalue weighted by atomic mass is 9.87. The van der Waals surface area contributed by atoms with Crippen LogP contribution in [-0.2, 0) is 6.42 Å². The van der Waals surface area contributed by atoms with Gasteiger partial charge in [-0.2, -0.15) is 0 Å². The third-order valence-electron chi connectivity index (χ3n) is 9.04. The molecule has 0 saturated carbocycles. The van der Waals surface area contributed by atoms with Crippen molar-refractivity contribution < 1.29 is 0 Å². The summed E-state index contributed by atoms with van der Waals surface area (Å²) in [7, 11) is 2.23. The van der Waals surface area contributed by atoms with Gasteiger partial charge in [0.2, 0.25) is 5.95 Å². The summed E-state index contributed by atoms with van der Waals surface area (Å²) in [5, 5.41) is 0.787. The predicted molar refractivity (Wildman–Crippen MR) is 185 cm³/mol. The third-order valence-corrected chi connectivity index (χ3v) is 10.2. The van der Waals surface area contributed by atoms with Crippen LogP contribution in [0, 0.1) is 0 Å². The van der Waals surface area contributed by atoms with E-state index in [0.29, 0.717) is 0 Å². The van der Waals surface area contributed by atoms with Crippen molar-refractivity contribution in [2.24, 2.45) is 0 Å². The molecule has 1 aliphatic rings. The number of likely N-dealkylation sites (N-methyl/N-ethyl adjacent to an activating group) is 1. The molecule has 6 heteroatoms. The fourth-order valence-electron chi connectivity index (χ4n) is 6.73. The van der Waals surface area contributed by atoms with Crippen LogP contribution >= 0.6 is 11.3 Å². The highest BCUT2D eigenvalue weighted by Crippen LogP contribution is 2.48. The van der Waals surface area contributed by atoms with Crippen molar-refractivity contribution in [2.45, 2.75) is 70.9 Å². The van der Waals surface area contributed by atoms with Crippen LogP contribution in [0.4, 0.5) is 5.95 Å². The van der Waals surface area contributed by atoms with Gasteiger partial charge in [0, 0.05) is 24.0 Å². The van der Waals surface area contributed by atoms with Crippen LogP contribution in [0.3, 0.4) is 0 Å². The molecule has 0 spiro atoms. The molecule has 5 nitrogen and oxygen atoms in total. The molecule has 2 atom stereocenters. The third kappa shape index (κ3) is 5.98. The van der Waals surface area contributed by atoms with Crippen LogP contribution in [0.5, 0.6) is 0 Å². The van der Waals surface area contributed by atoms with E-state index < -0.39 is 0 Å². The summed E-state index contributed by atoms with van der Waals surface area (Å²) in [5.41, 5.74) is 4.60. The first-order valence-corrected chi connectivity index (χ1v) is 17.1. The van der Waals surface area contributed by atoms with Gasteiger partial charge in [0.15, 0.2) is 0 Å². The van der Waals surface area contributed by atoms with E-state index in [2.05, 4.69) is 91.4 Å². The first-order chi connectivity index (χ1) is 21.6. The van der Waals surface area contributed by atoms with E-state index in [1.54, 1.807) is 11.3 Å². The molecule has 228 valence electrons. The summed E-state index contributed by atoms with van der Waals surface area (Å²) in [6, 6.07) is 31.8. The molecule has 6 rings (SSSR count). The van der Waals surface area contributed by atoms with Gasteiger partial charge >= 0.3 is 0 Å². The number of aromatic nitrogens is 2. The van der Waals surface area contributed by atoms with E-state index in [9.17, 15) is 4.79 Å². The Morgan fingerprint density at radius 3 is 1.95 bits per heavy atom. The Bertz CT molecular complexity index is 1700. The van der Waals surface area contributed by atoms with Crippen molar-refractivity contribution in [1.29, 1.82) is 0 Å². The van der Waals surface area contributed by atoms with Crippen LogP contribution < -0.4 is 10.5 Å². The molecule has 2 unspecified atom stereocenters. The molecular weight excluding hydrogens is 561 g/mol. The second-order valence-electron chi connectivity index (χ2n) is 12.0. The Labute approximate surface area is 265 Å². The van der Waals surface area contributed by atoms with Crippen molar-refractivity contribution in [3.8, 4) is 5.69 Å². The van der Waals surface area contributed by atoms with Gasteiger partial charge in [0.05, 0.1) is 17.1 Å². The van der Waals surface area contributed by atoms with Crippen LogP contribution in [0.2, 0.25) is 0 Å². The van der Waals surface area contributed by atoms with Gasteiger partial charge in [-0.15, -0.1) is 11.3 Å². The lowest BCUT2D eigenvalue weighted by molar-refractivity contribution is 0.185. The van der Waals surface area contributed by atoms with E-state index in [1.807, 2.05) is 34.9 Å². The quantitative estimate of drug-likeness (QED) is 0.133. The summed E-state index contributed by atoms with van der Waals surface area (Å²) in [6.07, 6.45) is 7.62. The largest absolute Gasteiger partial charge is 0.342 e. The average molecular weight is 605 g/mol. The lowest BCUT2D eigenvalue weighted by Crippen LogP contribution is -2.36. The van der Waals surface area contributed by atoms with E-state index in [-0.39, 0.29) is 17.6 Å². The molecular formula is C38H44N4OS.